The summed E-state index contributed by atoms with van der Waals surface area (Å²) in [5.41, 5.74) is 3.03. The molecule has 5 nitrogen and oxygen atoms in total. The first-order valence-electron chi connectivity index (χ1n) is 7.96. The molecule has 2 aromatic heterocycles. The van der Waals surface area contributed by atoms with Crippen molar-refractivity contribution >= 4 is 17.6 Å². The van der Waals surface area contributed by atoms with Crippen LogP contribution in [0.5, 0.6) is 0 Å². The van der Waals surface area contributed by atoms with Crippen LogP contribution < -0.4 is 0 Å². The summed E-state index contributed by atoms with van der Waals surface area (Å²) < 4.78 is 7.28. The summed E-state index contributed by atoms with van der Waals surface area (Å²) in [4.78, 5) is 1.15. The molecule has 3 heterocycles. The third kappa shape index (κ3) is 3.25. The van der Waals surface area contributed by atoms with Crippen molar-refractivity contribution in [2.45, 2.75) is 0 Å². The predicted molar refractivity (Wildman–Crippen MR) is 96.9 cm³/mol. The van der Waals surface area contributed by atoms with Gasteiger partial charge in [0.1, 0.15) is 5.69 Å². The number of ether oxygens (including phenoxy) is 1. The smallest absolute Gasteiger partial charge is 0.112 e. The minimum atomic E-state index is 0.735. The number of aromatic nitrogens is 2. The topological polar surface area (TPSA) is 42.6 Å². The highest BCUT2D eigenvalue weighted by molar-refractivity contribution is 7.13. The molecule has 0 unspecified atom stereocenters. The highest BCUT2D eigenvalue weighted by Gasteiger charge is 2.13. The lowest BCUT2D eigenvalue weighted by Crippen LogP contribution is -2.32. The number of benzene rings is 1. The van der Waals surface area contributed by atoms with Crippen LogP contribution in [0.2, 0.25) is 0 Å². The Kier molecular flexibility index (Phi) is 4.40. The molecule has 1 fully saturated rings. The molecule has 122 valence electrons. The number of para-hydroxylation sites is 1. The van der Waals surface area contributed by atoms with E-state index in [1.54, 1.807) is 11.3 Å². The molecule has 0 N–H and O–H groups in total. The maximum Gasteiger partial charge on any atom is 0.112 e. The summed E-state index contributed by atoms with van der Waals surface area (Å²) >= 11 is 1.69. The number of hydrogen-bond acceptors (Lipinski definition) is 5. The van der Waals surface area contributed by atoms with Gasteiger partial charge in [-0.2, -0.15) is 10.2 Å². The van der Waals surface area contributed by atoms with Crippen molar-refractivity contribution in [3.8, 4) is 16.3 Å². The van der Waals surface area contributed by atoms with Gasteiger partial charge in [0.25, 0.3) is 0 Å². The van der Waals surface area contributed by atoms with Crippen LogP contribution in [0.25, 0.3) is 16.3 Å². The number of thiophene rings is 1. The third-order valence-corrected chi connectivity index (χ3v) is 4.74. The highest BCUT2D eigenvalue weighted by atomic mass is 32.1. The molecule has 0 saturated carbocycles. The van der Waals surface area contributed by atoms with Gasteiger partial charge in [-0.1, -0.05) is 24.3 Å². The number of nitrogens with zero attached hydrogens (tertiary/aromatic N) is 4. The van der Waals surface area contributed by atoms with Crippen molar-refractivity contribution in [1.29, 1.82) is 0 Å². The van der Waals surface area contributed by atoms with Crippen molar-refractivity contribution in [1.82, 2.24) is 14.8 Å². The first-order valence-corrected chi connectivity index (χ1v) is 8.84. The second-order valence-electron chi connectivity index (χ2n) is 5.50. The van der Waals surface area contributed by atoms with Crippen molar-refractivity contribution in [3.63, 3.8) is 0 Å². The van der Waals surface area contributed by atoms with Crippen LogP contribution in [0.15, 0.2) is 59.1 Å². The standard InChI is InChI=1S/C18H18N4OS/c1-2-5-16(6-3-1)22-14-15(13-19-21-8-10-23-11-9-21)18(20-22)17-7-4-12-24-17/h1-7,12-14H,8-11H2/b19-13-. The quantitative estimate of drug-likeness (QED) is 0.686. The Morgan fingerprint density at radius 2 is 1.92 bits per heavy atom. The van der Waals surface area contributed by atoms with E-state index in [1.807, 2.05) is 58.5 Å². The second-order valence-corrected chi connectivity index (χ2v) is 6.45. The Hall–Kier alpha value is -2.44. The molecule has 3 aromatic rings. The molecule has 1 aromatic carbocycles. The lowest BCUT2D eigenvalue weighted by atomic mass is 10.2. The van der Waals surface area contributed by atoms with Crippen LogP contribution in [0.3, 0.4) is 0 Å². The van der Waals surface area contributed by atoms with Gasteiger partial charge in [0.15, 0.2) is 0 Å². The third-order valence-electron chi connectivity index (χ3n) is 3.87. The zero-order chi connectivity index (χ0) is 16.2. The fourth-order valence-corrected chi connectivity index (χ4v) is 3.34. The summed E-state index contributed by atoms with van der Waals surface area (Å²) in [5.74, 6) is 0. The van der Waals surface area contributed by atoms with Crippen molar-refractivity contribution in [3.05, 3.63) is 59.6 Å². The molecular formula is C18H18N4OS. The fourth-order valence-electron chi connectivity index (χ4n) is 2.61. The van der Waals surface area contributed by atoms with Crippen molar-refractivity contribution in [2.24, 2.45) is 5.10 Å². The predicted octanol–water partition coefficient (Wildman–Crippen LogP) is 3.27. The Labute approximate surface area is 144 Å². The van der Waals surface area contributed by atoms with Gasteiger partial charge in [-0.05, 0) is 23.6 Å². The molecule has 0 aliphatic carbocycles. The van der Waals surface area contributed by atoms with E-state index in [0.717, 1.165) is 48.1 Å². The molecule has 1 saturated heterocycles. The van der Waals surface area contributed by atoms with Crippen molar-refractivity contribution in [2.75, 3.05) is 26.3 Å². The highest BCUT2D eigenvalue weighted by Crippen LogP contribution is 2.27. The van der Waals surface area contributed by atoms with E-state index in [2.05, 4.69) is 16.5 Å². The van der Waals surface area contributed by atoms with E-state index in [4.69, 9.17) is 9.84 Å². The van der Waals surface area contributed by atoms with Crippen LogP contribution in [0.1, 0.15) is 5.56 Å². The molecule has 0 spiro atoms. The van der Waals surface area contributed by atoms with Gasteiger partial charge in [0, 0.05) is 11.8 Å². The summed E-state index contributed by atoms with van der Waals surface area (Å²) in [7, 11) is 0. The molecule has 6 heteroatoms. The first kappa shape index (κ1) is 15.1. The fraction of sp³-hybridized carbons (Fsp3) is 0.222. The van der Waals surface area contributed by atoms with Gasteiger partial charge in [0.05, 0.1) is 43.1 Å². The first-order chi connectivity index (χ1) is 11.9. The molecule has 0 amide bonds. The lowest BCUT2D eigenvalue weighted by Gasteiger charge is -2.23. The summed E-state index contributed by atoms with van der Waals surface area (Å²) in [6, 6.07) is 14.3. The maximum absolute atomic E-state index is 5.37. The van der Waals surface area contributed by atoms with Crippen LogP contribution in [0, 0.1) is 0 Å². The summed E-state index contributed by atoms with van der Waals surface area (Å²) in [6.45, 7) is 3.13. The Morgan fingerprint density at radius 1 is 1.08 bits per heavy atom. The van der Waals surface area contributed by atoms with Gasteiger partial charge < -0.3 is 4.74 Å². The van der Waals surface area contributed by atoms with E-state index in [-0.39, 0.29) is 0 Å². The summed E-state index contributed by atoms with van der Waals surface area (Å²) in [6.07, 6.45) is 3.95. The average molecular weight is 338 g/mol. The molecule has 0 atom stereocenters. The van der Waals surface area contributed by atoms with E-state index < -0.39 is 0 Å². The SMILES string of the molecule is C(=N/N1CCOCC1)/c1cn(-c2ccccc2)nc1-c1cccs1. The average Bonchev–Trinajstić information content (AvgIpc) is 3.31. The number of hydrazone groups is 1. The van der Waals surface area contributed by atoms with Crippen molar-refractivity contribution < 1.29 is 4.74 Å². The zero-order valence-electron chi connectivity index (χ0n) is 13.2. The molecule has 4 rings (SSSR count). The number of morpholine rings is 1. The van der Waals surface area contributed by atoms with Gasteiger partial charge in [-0.3, -0.25) is 5.01 Å². The molecule has 24 heavy (non-hydrogen) atoms. The largest absolute Gasteiger partial charge is 0.378 e. The molecule has 1 aliphatic heterocycles. The Balaban J connectivity index is 1.68. The molecule has 0 bridgehead atoms. The zero-order valence-corrected chi connectivity index (χ0v) is 14.0. The minimum absolute atomic E-state index is 0.735. The minimum Gasteiger partial charge on any atom is -0.378 e. The molecule has 1 aliphatic rings. The Morgan fingerprint density at radius 3 is 2.67 bits per heavy atom. The monoisotopic (exact) mass is 338 g/mol. The van der Waals surface area contributed by atoms with Gasteiger partial charge in [-0.15, -0.1) is 11.3 Å². The number of hydrogen-bond donors (Lipinski definition) is 0. The Bertz CT molecular complexity index is 805. The van der Waals surface area contributed by atoms with Gasteiger partial charge in [-0.25, -0.2) is 4.68 Å². The number of rotatable bonds is 4. The van der Waals surface area contributed by atoms with Gasteiger partial charge >= 0.3 is 0 Å². The van der Waals surface area contributed by atoms with Crippen LogP contribution in [-0.2, 0) is 4.74 Å². The van der Waals surface area contributed by atoms with Crippen LogP contribution in [0.4, 0.5) is 0 Å². The molecular weight excluding hydrogens is 320 g/mol. The normalized spacial score (nSPS) is 15.2. The van der Waals surface area contributed by atoms with E-state index >= 15 is 0 Å². The van der Waals surface area contributed by atoms with Gasteiger partial charge in [0.2, 0.25) is 0 Å². The molecule has 0 radical (unpaired) electrons. The second kappa shape index (κ2) is 6.98. The van der Waals surface area contributed by atoms with Crippen LogP contribution in [-0.4, -0.2) is 47.3 Å². The van der Waals surface area contributed by atoms with Crippen LogP contribution >= 0.6 is 11.3 Å². The van der Waals surface area contributed by atoms with E-state index in [0.29, 0.717) is 0 Å². The summed E-state index contributed by atoms with van der Waals surface area (Å²) in [5, 5.41) is 13.5. The van der Waals surface area contributed by atoms with E-state index in [9.17, 15) is 0 Å². The maximum atomic E-state index is 5.37. The van der Waals surface area contributed by atoms with E-state index in [1.165, 1.54) is 0 Å². The lowest BCUT2D eigenvalue weighted by molar-refractivity contribution is 0.0397.